The number of nitrogens with two attached hydrogens (primary N) is 1. The minimum atomic E-state index is 0.0990. The minimum absolute atomic E-state index is 0.0990. The van der Waals surface area contributed by atoms with Gasteiger partial charge in [0.2, 0.25) is 0 Å². The number of rotatable bonds is 3. The average molecular weight is 233 g/mol. The molecule has 1 atom stereocenters. The van der Waals surface area contributed by atoms with Crippen molar-refractivity contribution in [2.45, 2.75) is 57.6 Å². The summed E-state index contributed by atoms with van der Waals surface area (Å²) in [5.41, 5.74) is 6.99. The van der Waals surface area contributed by atoms with Crippen molar-refractivity contribution in [3.8, 4) is 5.75 Å². The van der Waals surface area contributed by atoms with Crippen LogP contribution >= 0.6 is 0 Å². The normalized spacial score (nSPS) is 19.6. The number of ether oxygens (including phenoxy) is 1. The zero-order chi connectivity index (χ0) is 12.1. The van der Waals surface area contributed by atoms with Crippen LogP contribution in [0.3, 0.4) is 0 Å². The molecule has 2 N–H and O–H groups in total. The summed E-state index contributed by atoms with van der Waals surface area (Å²) in [5.74, 6) is 0.987. The van der Waals surface area contributed by atoms with E-state index in [1.165, 1.54) is 44.1 Å². The molecule has 0 amide bonds. The lowest BCUT2D eigenvalue weighted by Crippen LogP contribution is -2.15. The van der Waals surface area contributed by atoms with Gasteiger partial charge in [0.1, 0.15) is 5.75 Å². The maximum atomic E-state index is 6.03. The molecule has 17 heavy (non-hydrogen) atoms. The molecule has 0 aromatic heterocycles. The first kappa shape index (κ1) is 12.4. The fourth-order valence-corrected chi connectivity index (χ4v) is 2.40. The third-order valence-electron chi connectivity index (χ3n) is 3.51. The van der Waals surface area contributed by atoms with Crippen LogP contribution in [0.4, 0.5) is 0 Å². The molecule has 0 radical (unpaired) electrons. The number of hydrogen-bond acceptors (Lipinski definition) is 2. The molecule has 1 aromatic carbocycles. The van der Waals surface area contributed by atoms with Crippen molar-refractivity contribution < 1.29 is 4.74 Å². The molecule has 1 aliphatic carbocycles. The highest BCUT2D eigenvalue weighted by Gasteiger charge is 2.13. The molecular weight excluding hydrogens is 210 g/mol. The van der Waals surface area contributed by atoms with Gasteiger partial charge in [0.25, 0.3) is 0 Å². The van der Waals surface area contributed by atoms with Gasteiger partial charge in [-0.05, 0) is 50.3 Å². The summed E-state index contributed by atoms with van der Waals surface area (Å²) in [6, 6.07) is 8.32. The number of benzene rings is 1. The topological polar surface area (TPSA) is 35.2 Å². The summed E-state index contributed by atoms with van der Waals surface area (Å²) < 4.78 is 6.03. The van der Waals surface area contributed by atoms with E-state index in [4.69, 9.17) is 10.5 Å². The molecule has 2 heteroatoms. The fourth-order valence-electron chi connectivity index (χ4n) is 2.40. The summed E-state index contributed by atoms with van der Waals surface area (Å²) in [6.45, 7) is 2.00. The molecule has 0 spiro atoms. The van der Waals surface area contributed by atoms with Crippen LogP contribution in [0.5, 0.6) is 5.75 Å². The van der Waals surface area contributed by atoms with E-state index in [9.17, 15) is 0 Å². The first-order valence-electron chi connectivity index (χ1n) is 6.78. The second-order valence-corrected chi connectivity index (χ2v) is 5.09. The molecule has 94 valence electrons. The van der Waals surface area contributed by atoms with Gasteiger partial charge >= 0.3 is 0 Å². The minimum Gasteiger partial charge on any atom is -0.490 e. The van der Waals surface area contributed by atoms with Crippen LogP contribution in [0, 0.1) is 0 Å². The van der Waals surface area contributed by atoms with E-state index in [1.54, 1.807) is 0 Å². The van der Waals surface area contributed by atoms with E-state index in [0.717, 1.165) is 5.75 Å². The van der Waals surface area contributed by atoms with Crippen molar-refractivity contribution in [3.63, 3.8) is 0 Å². The molecule has 1 saturated carbocycles. The van der Waals surface area contributed by atoms with Crippen molar-refractivity contribution in [3.05, 3.63) is 29.8 Å². The van der Waals surface area contributed by atoms with Gasteiger partial charge in [-0.3, -0.25) is 0 Å². The Morgan fingerprint density at radius 3 is 2.18 bits per heavy atom. The molecule has 1 fully saturated rings. The zero-order valence-corrected chi connectivity index (χ0v) is 10.7. The van der Waals surface area contributed by atoms with Gasteiger partial charge in [0.15, 0.2) is 0 Å². The van der Waals surface area contributed by atoms with Gasteiger partial charge in [0, 0.05) is 6.04 Å². The molecule has 0 unspecified atom stereocenters. The van der Waals surface area contributed by atoms with Crippen LogP contribution in [0.2, 0.25) is 0 Å². The molecule has 0 heterocycles. The highest BCUT2D eigenvalue weighted by atomic mass is 16.5. The first-order valence-corrected chi connectivity index (χ1v) is 6.78. The maximum Gasteiger partial charge on any atom is 0.119 e. The molecule has 2 nitrogen and oxygen atoms in total. The van der Waals surface area contributed by atoms with Gasteiger partial charge in [-0.1, -0.05) is 25.0 Å². The van der Waals surface area contributed by atoms with Crippen molar-refractivity contribution in [2.24, 2.45) is 5.73 Å². The summed E-state index contributed by atoms with van der Waals surface area (Å²) in [4.78, 5) is 0. The lowest BCUT2D eigenvalue weighted by Gasteiger charge is -2.17. The Labute approximate surface area is 104 Å². The molecular formula is C15H23NO. The van der Waals surface area contributed by atoms with E-state index in [2.05, 4.69) is 12.1 Å². The summed E-state index contributed by atoms with van der Waals surface area (Å²) in [5, 5.41) is 0. The standard InChI is InChI=1S/C15H23NO/c1-12(16)13-8-10-15(11-9-13)17-14-6-4-2-3-5-7-14/h8-12,14H,2-7,16H2,1H3/t12-/m1/s1. The lowest BCUT2D eigenvalue weighted by atomic mass is 10.1. The Morgan fingerprint density at radius 1 is 1.06 bits per heavy atom. The highest BCUT2D eigenvalue weighted by Crippen LogP contribution is 2.23. The highest BCUT2D eigenvalue weighted by molar-refractivity contribution is 5.28. The largest absolute Gasteiger partial charge is 0.490 e. The van der Waals surface area contributed by atoms with Crippen LogP contribution in [0.15, 0.2) is 24.3 Å². The Balaban J connectivity index is 1.93. The van der Waals surface area contributed by atoms with Crippen LogP contribution < -0.4 is 10.5 Å². The van der Waals surface area contributed by atoms with Gasteiger partial charge < -0.3 is 10.5 Å². The van der Waals surface area contributed by atoms with E-state index in [1.807, 2.05) is 19.1 Å². The molecule has 1 aliphatic rings. The molecule has 2 rings (SSSR count). The lowest BCUT2D eigenvalue weighted by molar-refractivity contribution is 0.183. The monoisotopic (exact) mass is 233 g/mol. The van der Waals surface area contributed by atoms with Crippen LogP contribution in [0.25, 0.3) is 0 Å². The quantitative estimate of drug-likeness (QED) is 0.806. The van der Waals surface area contributed by atoms with Crippen LogP contribution in [-0.4, -0.2) is 6.10 Å². The molecule has 0 saturated heterocycles. The molecule has 0 bridgehead atoms. The van der Waals surface area contributed by atoms with E-state index < -0.39 is 0 Å². The Hall–Kier alpha value is -1.02. The van der Waals surface area contributed by atoms with E-state index in [-0.39, 0.29) is 6.04 Å². The average Bonchev–Trinajstić information content (AvgIpc) is 2.58. The van der Waals surface area contributed by atoms with Crippen molar-refractivity contribution >= 4 is 0 Å². The van der Waals surface area contributed by atoms with E-state index >= 15 is 0 Å². The van der Waals surface area contributed by atoms with Crippen LogP contribution in [-0.2, 0) is 0 Å². The van der Waals surface area contributed by atoms with Gasteiger partial charge in [-0.25, -0.2) is 0 Å². The van der Waals surface area contributed by atoms with E-state index in [0.29, 0.717) is 6.10 Å². The molecule has 0 aliphatic heterocycles. The van der Waals surface area contributed by atoms with Gasteiger partial charge in [0.05, 0.1) is 6.10 Å². The third kappa shape index (κ3) is 3.74. The Kier molecular flexibility index (Phi) is 4.43. The Bertz CT molecular complexity index is 323. The summed E-state index contributed by atoms with van der Waals surface area (Å²) in [7, 11) is 0. The third-order valence-corrected chi connectivity index (χ3v) is 3.51. The van der Waals surface area contributed by atoms with Gasteiger partial charge in [-0.2, -0.15) is 0 Å². The maximum absolute atomic E-state index is 6.03. The molecule has 1 aromatic rings. The van der Waals surface area contributed by atoms with Crippen molar-refractivity contribution in [2.75, 3.05) is 0 Å². The Morgan fingerprint density at radius 2 is 1.65 bits per heavy atom. The number of hydrogen-bond donors (Lipinski definition) is 1. The first-order chi connectivity index (χ1) is 8.25. The predicted octanol–water partition coefficient (Wildman–Crippen LogP) is 3.81. The van der Waals surface area contributed by atoms with Crippen molar-refractivity contribution in [1.29, 1.82) is 0 Å². The predicted molar refractivity (Wildman–Crippen MR) is 71.2 cm³/mol. The van der Waals surface area contributed by atoms with Crippen LogP contribution in [0.1, 0.15) is 57.1 Å². The SMILES string of the molecule is C[C@@H](N)c1ccc(OC2CCCCCC2)cc1. The fraction of sp³-hybridized carbons (Fsp3) is 0.600. The second-order valence-electron chi connectivity index (χ2n) is 5.09. The van der Waals surface area contributed by atoms with Crippen molar-refractivity contribution in [1.82, 2.24) is 0 Å². The smallest absolute Gasteiger partial charge is 0.119 e. The summed E-state index contributed by atoms with van der Waals surface area (Å²) >= 11 is 0. The van der Waals surface area contributed by atoms with Gasteiger partial charge in [-0.15, -0.1) is 0 Å². The summed E-state index contributed by atoms with van der Waals surface area (Å²) in [6.07, 6.45) is 8.17. The second kappa shape index (κ2) is 6.06. The zero-order valence-electron chi connectivity index (χ0n) is 10.7.